The second-order valence-corrected chi connectivity index (χ2v) is 7.28. The number of rotatable bonds is 5. The molecule has 1 amide bonds. The largest absolute Gasteiger partial charge is 0.416 e. The van der Waals surface area contributed by atoms with Gasteiger partial charge in [0, 0.05) is 17.1 Å². The van der Waals surface area contributed by atoms with Gasteiger partial charge < -0.3 is 10.6 Å². The third-order valence-corrected chi connectivity index (χ3v) is 5.11. The molecule has 0 bridgehead atoms. The first kappa shape index (κ1) is 18.7. The van der Waals surface area contributed by atoms with Crippen molar-refractivity contribution in [2.24, 2.45) is 0 Å². The topological polar surface area (TPSA) is 54.0 Å². The summed E-state index contributed by atoms with van der Waals surface area (Å²) in [6, 6.07) is 5.20. The second-order valence-electron chi connectivity index (χ2n) is 6.43. The Morgan fingerprint density at radius 2 is 2.00 bits per heavy atom. The zero-order valence-electron chi connectivity index (χ0n) is 14.1. The van der Waals surface area contributed by atoms with Gasteiger partial charge in [0.2, 0.25) is 5.91 Å². The molecule has 0 atom stereocenters. The minimum atomic E-state index is -4.39. The predicted octanol–water partition coefficient (Wildman–Crippen LogP) is 4.90. The standard InChI is InChI=1S/C18H20F3N3OS/c19-18(20,21)12-5-4-8-14(9-12)23-17-24-15(11-26-17)10-16(25)22-13-6-2-1-3-7-13/h4-5,8-9,11,13H,1-3,6-7,10H2,(H,22,25)(H,23,24). The Kier molecular flexibility index (Phi) is 5.80. The average Bonchev–Trinajstić information content (AvgIpc) is 3.02. The summed E-state index contributed by atoms with van der Waals surface area (Å²) in [6.07, 6.45) is 1.35. The molecule has 0 aliphatic heterocycles. The lowest BCUT2D eigenvalue weighted by Crippen LogP contribution is -2.37. The van der Waals surface area contributed by atoms with Crippen molar-refractivity contribution in [3.63, 3.8) is 0 Å². The molecular formula is C18H20F3N3OS. The molecule has 2 N–H and O–H groups in total. The maximum absolute atomic E-state index is 12.8. The van der Waals surface area contributed by atoms with E-state index in [0.717, 1.165) is 37.8 Å². The Morgan fingerprint density at radius 1 is 1.23 bits per heavy atom. The first-order valence-electron chi connectivity index (χ1n) is 8.58. The van der Waals surface area contributed by atoms with Crippen LogP contribution >= 0.6 is 11.3 Å². The lowest BCUT2D eigenvalue weighted by Gasteiger charge is -2.22. The van der Waals surface area contributed by atoms with Crippen LogP contribution in [-0.4, -0.2) is 16.9 Å². The minimum Gasteiger partial charge on any atom is -0.353 e. The van der Waals surface area contributed by atoms with E-state index in [-0.39, 0.29) is 18.4 Å². The molecule has 0 saturated heterocycles. The van der Waals surface area contributed by atoms with E-state index in [9.17, 15) is 18.0 Å². The SMILES string of the molecule is O=C(Cc1csc(Nc2cccc(C(F)(F)F)c2)n1)NC1CCCCC1. The molecule has 1 fully saturated rings. The quantitative estimate of drug-likeness (QED) is 0.772. The van der Waals surface area contributed by atoms with Gasteiger partial charge in [0.25, 0.3) is 0 Å². The summed E-state index contributed by atoms with van der Waals surface area (Å²) in [6.45, 7) is 0. The van der Waals surface area contributed by atoms with Gasteiger partial charge in [-0.3, -0.25) is 4.79 Å². The van der Waals surface area contributed by atoms with Crippen molar-refractivity contribution in [2.45, 2.75) is 50.7 Å². The van der Waals surface area contributed by atoms with Crippen molar-refractivity contribution in [1.29, 1.82) is 0 Å². The number of anilines is 2. The molecule has 0 unspecified atom stereocenters. The van der Waals surface area contributed by atoms with Crippen molar-refractivity contribution in [3.05, 3.63) is 40.9 Å². The van der Waals surface area contributed by atoms with Gasteiger partial charge in [-0.1, -0.05) is 25.3 Å². The molecule has 26 heavy (non-hydrogen) atoms. The van der Waals surface area contributed by atoms with Gasteiger partial charge in [0.05, 0.1) is 17.7 Å². The minimum absolute atomic E-state index is 0.0622. The van der Waals surface area contributed by atoms with E-state index >= 15 is 0 Å². The van der Waals surface area contributed by atoms with E-state index in [1.165, 1.54) is 23.8 Å². The highest BCUT2D eigenvalue weighted by molar-refractivity contribution is 7.13. The highest BCUT2D eigenvalue weighted by atomic mass is 32.1. The fourth-order valence-corrected chi connectivity index (χ4v) is 3.76. The predicted molar refractivity (Wildman–Crippen MR) is 95.6 cm³/mol. The van der Waals surface area contributed by atoms with Crippen molar-refractivity contribution < 1.29 is 18.0 Å². The normalized spacial score (nSPS) is 15.7. The maximum Gasteiger partial charge on any atom is 0.416 e. The smallest absolute Gasteiger partial charge is 0.353 e. The number of halogens is 3. The number of nitrogens with zero attached hydrogens (tertiary/aromatic N) is 1. The molecule has 1 aliphatic rings. The number of aromatic nitrogens is 1. The molecule has 140 valence electrons. The lowest BCUT2D eigenvalue weighted by molar-refractivity contribution is -0.137. The van der Waals surface area contributed by atoms with Crippen molar-refractivity contribution in [3.8, 4) is 0 Å². The maximum atomic E-state index is 12.8. The number of nitrogens with one attached hydrogen (secondary N) is 2. The van der Waals surface area contributed by atoms with Crippen LogP contribution in [-0.2, 0) is 17.4 Å². The van der Waals surface area contributed by atoms with Crippen LogP contribution in [0.1, 0.15) is 43.4 Å². The third-order valence-electron chi connectivity index (χ3n) is 4.30. The number of alkyl halides is 3. The molecule has 1 aromatic heterocycles. The van der Waals surface area contributed by atoms with E-state index in [0.29, 0.717) is 16.5 Å². The molecule has 3 rings (SSSR count). The summed E-state index contributed by atoms with van der Waals surface area (Å²) in [5.74, 6) is -0.0622. The second kappa shape index (κ2) is 8.07. The number of hydrogen-bond acceptors (Lipinski definition) is 4. The summed E-state index contributed by atoms with van der Waals surface area (Å²) in [4.78, 5) is 16.4. The molecule has 2 aromatic rings. The third kappa shape index (κ3) is 5.20. The number of carbonyl (C=O) groups is 1. The Morgan fingerprint density at radius 3 is 2.73 bits per heavy atom. The number of thiazole rings is 1. The Hall–Kier alpha value is -2.09. The average molecular weight is 383 g/mol. The van der Waals surface area contributed by atoms with E-state index in [2.05, 4.69) is 15.6 Å². The van der Waals surface area contributed by atoms with Gasteiger partial charge in [-0.15, -0.1) is 11.3 Å². The van der Waals surface area contributed by atoms with Crippen molar-refractivity contribution in [1.82, 2.24) is 10.3 Å². The Labute approximate surface area is 153 Å². The molecule has 0 spiro atoms. The first-order valence-corrected chi connectivity index (χ1v) is 9.46. The molecular weight excluding hydrogens is 363 g/mol. The summed E-state index contributed by atoms with van der Waals surface area (Å²) in [7, 11) is 0. The van der Waals surface area contributed by atoms with Crippen LogP contribution in [0.15, 0.2) is 29.6 Å². The van der Waals surface area contributed by atoms with Crippen molar-refractivity contribution in [2.75, 3.05) is 5.32 Å². The zero-order chi connectivity index (χ0) is 18.6. The van der Waals surface area contributed by atoms with Crippen LogP contribution in [0.3, 0.4) is 0 Å². The summed E-state index contributed by atoms with van der Waals surface area (Å²) in [5.41, 5.74) is 0.205. The highest BCUT2D eigenvalue weighted by Crippen LogP contribution is 2.31. The van der Waals surface area contributed by atoms with Gasteiger partial charge in [0.15, 0.2) is 5.13 Å². The van der Waals surface area contributed by atoms with Gasteiger partial charge in [-0.25, -0.2) is 4.98 Å². The fourth-order valence-electron chi connectivity index (χ4n) is 3.03. The van der Waals surface area contributed by atoms with Crippen LogP contribution in [0, 0.1) is 0 Å². The van der Waals surface area contributed by atoms with E-state index in [1.807, 2.05) is 0 Å². The molecule has 8 heteroatoms. The Bertz CT molecular complexity index is 754. The van der Waals surface area contributed by atoms with Crippen LogP contribution in [0.25, 0.3) is 0 Å². The summed E-state index contributed by atoms with van der Waals surface area (Å²) in [5, 5.41) is 8.11. The number of amides is 1. The zero-order valence-corrected chi connectivity index (χ0v) is 14.9. The number of benzene rings is 1. The van der Waals surface area contributed by atoms with Crippen LogP contribution in [0.2, 0.25) is 0 Å². The van der Waals surface area contributed by atoms with Gasteiger partial charge in [-0.2, -0.15) is 13.2 Å². The van der Waals surface area contributed by atoms with Gasteiger partial charge >= 0.3 is 6.18 Å². The number of hydrogen-bond donors (Lipinski definition) is 2. The molecule has 1 aliphatic carbocycles. The van der Waals surface area contributed by atoms with E-state index in [1.54, 1.807) is 11.4 Å². The van der Waals surface area contributed by atoms with Crippen LogP contribution in [0.4, 0.5) is 24.0 Å². The van der Waals surface area contributed by atoms with Crippen LogP contribution in [0.5, 0.6) is 0 Å². The Balaban J connectivity index is 1.57. The summed E-state index contributed by atoms with van der Waals surface area (Å²) < 4.78 is 38.3. The molecule has 1 heterocycles. The highest BCUT2D eigenvalue weighted by Gasteiger charge is 2.30. The molecule has 1 aromatic carbocycles. The lowest BCUT2D eigenvalue weighted by atomic mass is 9.95. The first-order chi connectivity index (χ1) is 12.4. The molecule has 0 radical (unpaired) electrons. The number of carbonyl (C=O) groups excluding carboxylic acids is 1. The van der Waals surface area contributed by atoms with E-state index in [4.69, 9.17) is 0 Å². The molecule has 1 saturated carbocycles. The van der Waals surface area contributed by atoms with Gasteiger partial charge in [-0.05, 0) is 31.0 Å². The summed E-state index contributed by atoms with van der Waals surface area (Å²) >= 11 is 1.26. The van der Waals surface area contributed by atoms with E-state index < -0.39 is 11.7 Å². The monoisotopic (exact) mass is 383 g/mol. The van der Waals surface area contributed by atoms with Crippen molar-refractivity contribution >= 4 is 28.1 Å². The fraction of sp³-hybridized carbons (Fsp3) is 0.444. The van der Waals surface area contributed by atoms with Crippen LogP contribution < -0.4 is 10.6 Å². The van der Waals surface area contributed by atoms with Gasteiger partial charge in [0.1, 0.15) is 0 Å². The molecule has 4 nitrogen and oxygen atoms in total.